The maximum Gasteiger partial charge on any atom is 0.329 e. The number of nitrogens with zero attached hydrogens (tertiary/aromatic N) is 6. The van der Waals surface area contributed by atoms with Gasteiger partial charge in [-0.1, -0.05) is 11.8 Å². The van der Waals surface area contributed by atoms with Gasteiger partial charge in [0.1, 0.15) is 0 Å². The van der Waals surface area contributed by atoms with Crippen LogP contribution in [0.2, 0.25) is 0 Å². The first-order chi connectivity index (χ1) is 13.9. The molecule has 0 spiro atoms. The summed E-state index contributed by atoms with van der Waals surface area (Å²) < 4.78 is 3.33. The van der Waals surface area contributed by atoms with Crippen molar-refractivity contribution in [2.45, 2.75) is 18.6 Å². The number of imidazole rings is 1. The number of aryl methyl sites for hydroxylation is 3. The number of aromatic nitrogens is 6. The summed E-state index contributed by atoms with van der Waals surface area (Å²) in [4.78, 5) is 44.1. The maximum atomic E-state index is 12.6. The molecular weight excluding hydrogens is 392 g/mol. The van der Waals surface area contributed by atoms with Crippen LogP contribution in [0, 0.1) is 6.92 Å². The van der Waals surface area contributed by atoms with Crippen LogP contribution >= 0.6 is 11.8 Å². The number of fused-ring (bicyclic) bond motifs is 1. The van der Waals surface area contributed by atoms with Crippen molar-refractivity contribution < 1.29 is 4.90 Å². The third kappa shape index (κ3) is 3.92. The van der Waals surface area contributed by atoms with E-state index in [4.69, 9.17) is 4.98 Å². The van der Waals surface area contributed by atoms with Crippen LogP contribution in [0.1, 0.15) is 5.69 Å². The molecule has 3 aromatic rings. The van der Waals surface area contributed by atoms with Crippen LogP contribution < -0.4 is 21.0 Å². The van der Waals surface area contributed by atoms with E-state index in [9.17, 15) is 9.59 Å². The Labute approximate surface area is 171 Å². The molecule has 11 heteroatoms. The van der Waals surface area contributed by atoms with Crippen LogP contribution in [0.4, 0.5) is 5.95 Å². The Bertz CT molecular complexity index is 1140. The molecule has 154 valence electrons. The molecule has 29 heavy (non-hydrogen) atoms. The summed E-state index contributed by atoms with van der Waals surface area (Å²) in [6, 6.07) is 1.86. The largest absolute Gasteiger partial charge is 0.334 e. The van der Waals surface area contributed by atoms with Gasteiger partial charge in [-0.2, -0.15) is 4.98 Å². The second kappa shape index (κ2) is 7.99. The Kier molecular flexibility index (Phi) is 5.41. The number of thioether (sulfide) groups is 1. The molecule has 0 bridgehead atoms. The molecule has 1 aliphatic heterocycles. The Hall–Kier alpha value is -2.66. The molecule has 0 aromatic carbocycles. The van der Waals surface area contributed by atoms with Crippen LogP contribution in [-0.2, 0) is 13.6 Å². The lowest BCUT2D eigenvalue weighted by Gasteiger charge is -2.31. The summed E-state index contributed by atoms with van der Waals surface area (Å²) in [6.07, 6.45) is 1.75. The highest BCUT2D eigenvalue weighted by atomic mass is 32.2. The molecule has 0 saturated carbocycles. The lowest BCUT2D eigenvalue weighted by molar-refractivity contribution is -0.880. The van der Waals surface area contributed by atoms with Gasteiger partial charge in [-0.15, -0.1) is 0 Å². The molecule has 0 radical (unpaired) electrons. The molecule has 10 nitrogen and oxygen atoms in total. The normalized spacial score (nSPS) is 15.3. The lowest BCUT2D eigenvalue weighted by Crippen LogP contribution is -3.12. The molecule has 0 atom stereocenters. The molecule has 4 rings (SSSR count). The van der Waals surface area contributed by atoms with Crippen molar-refractivity contribution >= 4 is 28.9 Å². The van der Waals surface area contributed by atoms with Crippen molar-refractivity contribution in [2.75, 3.05) is 43.9 Å². The Balaban J connectivity index is 1.69. The predicted octanol–water partition coefficient (Wildman–Crippen LogP) is -1.35. The van der Waals surface area contributed by atoms with Crippen molar-refractivity contribution in [2.24, 2.45) is 7.05 Å². The fourth-order valence-corrected chi connectivity index (χ4v) is 4.29. The van der Waals surface area contributed by atoms with E-state index in [1.54, 1.807) is 13.2 Å². The molecule has 1 saturated heterocycles. The first-order valence-corrected chi connectivity index (χ1v) is 10.6. The number of quaternary nitrogens is 1. The molecule has 3 aromatic heterocycles. The topological polar surface area (TPSA) is 106 Å². The molecular formula is C18H25N8O2S+. The number of piperazine rings is 1. The summed E-state index contributed by atoms with van der Waals surface area (Å²) in [5, 5.41) is 0.709. The minimum absolute atomic E-state index is 0.404. The highest BCUT2D eigenvalue weighted by Crippen LogP contribution is 2.21. The first kappa shape index (κ1) is 19.6. The van der Waals surface area contributed by atoms with Crippen molar-refractivity contribution in [3.8, 4) is 0 Å². The number of rotatable bonds is 5. The van der Waals surface area contributed by atoms with E-state index in [-0.39, 0.29) is 0 Å². The lowest BCUT2D eigenvalue weighted by atomic mass is 10.3. The van der Waals surface area contributed by atoms with Gasteiger partial charge >= 0.3 is 5.69 Å². The van der Waals surface area contributed by atoms with Gasteiger partial charge in [0.25, 0.3) is 5.56 Å². The SMILES string of the molecule is Cc1ccnc(SCCn2c(N3CC[NH+](C)CC3)nc3c2c(=O)[nH]c(=O)n3C)n1. The van der Waals surface area contributed by atoms with E-state index in [0.29, 0.717) is 28.6 Å². The Morgan fingerprint density at radius 3 is 2.72 bits per heavy atom. The summed E-state index contributed by atoms with van der Waals surface area (Å²) >= 11 is 1.54. The standard InChI is InChI=1S/C18H24N8O2S/c1-12-4-5-19-16(20-12)29-11-10-26-13-14(24(3)18(28)22-15(13)27)21-17(26)25-8-6-23(2)7-9-25/h4-5H,6-11H2,1-3H3,(H,22,27,28)/p+1. The highest BCUT2D eigenvalue weighted by Gasteiger charge is 2.25. The summed E-state index contributed by atoms with van der Waals surface area (Å²) in [7, 11) is 3.80. The van der Waals surface area contributed by atoms with Gasteiger partial charge in [0.15, 0.2) is 16.3 Å². The minimum atomic E-state index is -0.455. The second-order valence-electron chi connectivity index (χ2n) is 7.33. The van der Waals surface area contributed by atoms with Crippen molar-refractivity contribution in [3.63, 3.8) is 0 Å². The summed E-state index contributed by atoms with van der Waals surface area (Å²) in [6.45, 7) is 6.22. The predicted molar refractivity (Wildman–Crippen MR) is 112 cm³/mol. The van der Waals surface area contributed by atoms with E-state index >= 15 is 0 Å². The zero-order chi connectivity index (χ0) is 20.5. The number of nitrogens with one attached hydrogen (secondary N) is 2. The van der Waals surface area contributed by atoms with Gasteiger partial charge < -0.3 is 14.4 Å². The van der Waals surface area contributed by atoms with E-state index in [0.717, 1.165) is 37.8 Å². The molecule has 4 heterocycles. The number of anilines is 1. The second-order valence-corrected chi connectivity index (χ2v) is 8.39. The summed E-state index contributed by atoms with van der Waals surface area (Å²) in [5.74, 6) is 1.42. The van der Waals surface area contributed by atoms with Crippen molar-refractivity contribution in [3.05, 3.63) is 38.8 Å². The number of hydrogen-bond acceptors (Lipinski definition) is 7. The fourth-order valence-electron chi connectivity index (χ4n) is 3.49. The Morgan fingerprint density at radius 2 is 2.00 bits per heavy atom. The van der Waals surface area contributed by atoms with Gasteiger partial charge in [0.2, 0.25) is 5.95 Å². The molecule has 1 fully saturated rings. The zero-order valence-corrected chi connectivity index (χ0v) is 17.6. The average Bonchev–Trinajstić information content (AvgIpc) is 3.07. The Morgan fingerprint density at radius 1 is 1.24 bits per heavy atom. The average molecular weight is 418 g/mol. The smallest absolute Gasteiger partial charge is 0.329 e. The molecule has 0 amide bonds. The van der Waals surface area contributed by atoms with Gasteiger partial charge in [0.05, 0.1) is 33.2 Å². The summed E-state index contributed by atoms with van der Waals surface area (Å²) in [5.41, 5.74) is 0.904. The third-order valence-electron chi connectivity index (χ3n) is 5.21. The van der Waals surface area contributed by atoms with E-state index in [2.05, 4.69) is 26.9 Å². The molecule has 0 aliphatic carbocycles. The maximum absolute atomic E-state index is 12.6. The van der Waals surface area contributed by atoms with Gasteiger partial charge in [0, 0.05) is 31.2 Å². The van der Waals surface area contributed by atoms with Crippen LogP contribution in [0.3, 0.4) is 0 Å². The quantitative estimate of drug-likeness (QED) is 0.390. The molecule has 2 N–H and O–H groups in total. The fraction of sp³-hybridized carbons (Fsp3) is 0.500. The third-order valence-corrected chi connectivity index (χ3v) is 6.05. The number of hydrogen-bond donors (Lipinski definition) is 2. The molecule has 0 unspecified atom stereocenters. The number of H-pyrrole nitrogens is 1. The minimum Gasteiger partial charge on any atom is -0.334 e. The van der Waals surface area contributed by atoms with Crippen molar-refractivity contribution in [1.82, 2.24) is 29.1 Å². The van der Waals surface area contributed by atoms with Crippen LogP contribution in [-0.4, -0.2) is 68.0 Å². The van der Waals surface area contributed by atoms with Crippen LogP contribution in [0.5, 0.6) is 0 Å². The van der Waals surface area contributed by atoms with E-state index < -0.39 is 11.2 Å². The van der Waals surface area contributed by atoms with Crippen molar-refractivity contribution in [1.29, 1.82) is 0 Å². The zero-order valence-electron chi connectivity index (χ0n) is 16.8. The monoisotopic (exact) mass is 417 g/mol. The molecule has 1 aliphatic rings. The van der Waals surface area contributed by atoms with Gasteiger partial charge in [-0.05, 0) is 13.0 Å². The van der Waals surface area contributed by atoms with Crippen LogP contribution in [0.25, 0.3) is 11.2 Å². The van der Waals surface area contributed by atoms with Gasteiger partial charge in [-0.3, -0.25) is 14.3 Å². The number of likely N-dealkylation sites (N-methyl/N-ethyl adjacent to an activating group) is 1. The van der Waals surface area contributed by atoms with E-state index in [1.807, 2.05) is 17.6 Å². The van der Waals surface area contributed by atoms with E-state index in [1.165, 1.54) is 21.2 Å². The van der Waals surface area contributed by atoms with Gasteiger partial charge in [-0.25, -0.2) is 14.8 Å². The number of aromatic amines is 1. The van der Waals surface area contributed by atoms with Crippen LogP contribution in [0.15, 0.2) is 27.0 Å². The highest BCUT2D eigenvalue weighted by molar-refractivity contribution is 7.99. The first-order valence-electron chi connectivity index (χ1n) is 9.62.